The van der Waals surface area contributed by atoms with Crippen molar-refractivity contribution in [3.63, 3.8) is 0 Å². The molecule has 62 valence electrons. The van der Waals surface area contributed by atoms with E-state index in [2.05, 4.69) is 50.2 Å². The van der Waals surface area contributed by atoms with Gasteiger partial charge in [-0.1, -0.05) is 0 Å². The lowest BCUT2D eigenvalue weighted by atomic mass is 10.2. The average Bonchev–Trinajstić information content (AvgIpc) is 2.28. The fourth-order valence-corrected chi connectivity index (χ4v) is 3.88. The zero-order chi connectivity index (χ0) is 8.43. The molecular formula is C7H9Br2NS. The summed E-state index contributed by atoms with van der Waals surface area (Å²) in [4.78, 5) is 0. The number of hydrogen-bond acceptors (Lipinski definition) is 2. The van der Waals surface area contributed by atoms with E-state index in [0.29, 0.717) is 6.04 Å². The molecule has 4 heteroatoms. The molecule has 1 unspecified atom stereocenters. The number of nitrogens with one attached hydrogen (secondary N) is 1. The Hall–Kier alpha value is 0.620. The van der Waals surface area contributed by atoms with Crippen LogP contribution in [-0.2, 0) is 0 Å². The van der Waals surface area contributed by atoms with Crippen LogP contribution in [0.1, 0.15) is 18.5 Å². The van der Waals surface area contributed by atoms with Gasteiger partial charge in [0.2, 0.25) is 0 Å². The van der Waals surface area contributed by atoms with Gasteiger partial charge in [-0.2, -0.15) is 0 Å². The predicted molar refractivity (Wildman–Crippen MR) is 57.2 cm³/mol. The van der Waals surface area contributed by atoms with E-state index in [1.54, 1.807) is 11.3 Å². The van der Waals surface area contributed by atoms with Gasteiger partial charge in [-0.25, -0.2) is 0 Å². The summed E-state index contributed by atoms with van der Waals surface area (Å²) in [5.74, 6) is 0. The molecular weight excluding hydrogens is 290 g/mol. The maximum absolute atomic E-state index is 3.51. The summed E-state index contributed by atoms with van der Waals surface area (Å²) in [6.45, 7) is 2.14. The van der Waals surface area contributed by atoms with Crippen LogP contribution in [0.2, 0.25) is 0 Å². The van der Waals surface area contributed by atoms with Crippen LogP contribution in [-0.4, -0.2) is 7.05 Å². The lowest BCUT2D eigenvalue weighted by Crippen LogP contribution is -2.11. The molecule has 0 radical (unpaired) electrons. The first-order valence-electron chi connectivity index (χ1n) is 3.27. The Morgan fingerprint density at radius 2 is 2.18 bits per heavy atom. The molecule has 0 bridgehead atoms. The highest BCUT2D eigenvalue weighted by Crippen LogP contribution is 2.35. The molecule has 0 aromatic carbocycles. The van der Waals surface area contributed by atoms with Gasteiger partial charge in [0.1, 0.15) is 0 Å². The average molecular weight is 299 g/mol. The quantitative estimate of drug-likeness (QED) is 0.880. The monoisotopic (exact) mass is 297 g/mol. The van der Waals surface area contributed by atoms with Gasteiger partial charge < -0.3 is 5.32 Å². The SMILES string of the molecule is CNC(C)c1cc(Br)sc1Br. The van der Waals surface area contributed by atoms with E-state index in [9.17, 15) is 0 Å². The Kier molecular flexibility index (Phi) is 3.55. The Labute approximate surface area is 87.5 Å². The highest BCUT2D eigenvalue weighted by Gasteiger charge is 2.09. The van der Waals surface area contributed by atoms with Gasteiger partial charge in [0.25, 0.3) is 0 Å². The summed E-state index contributed by atoms with van der Waals surface area (Å²) in [5, 5.41) is 3.19. The molecule has 1 rings (SSSR count). The lowest BCUT2D eigenvalue weighted by Gasteiger charge is -2.07. The molecule has 0 saturated carbocycles. The largest absolute Gasteiger partial charge is 0.313 e. The minimum absolute atomic E-state index is 0.409. The van der Waals surface area contributed by atoms with Gasteiger partial charge in [-0.05, 0) is 57.5 Å². The first kappa shape index (κ1) is 9.71. The van der Waals surface area contributed by atoms with Crippen LogP contribution < -0.4 is 5.32 Å². The predicted octanol–water partition coefficient (Wildman–Crippen LogP) is 3.55. The Morgan fingerprint density at radius 1 is 1.55 bits per heavy atom. The zero-order valence-corrected chi connectivity index (χ0v) is 10.3. The van der Waals surface area contributed by atoms with E-state index < -0.39 is 0 Å². The summed E-state index contributed by atoms with van der Waals surface area (Å²) in [6.07, 6.45) is 0. The number of thiophene rings is 1. The van der Waals surface area contributed by atoms with Gasteiger partial charge in [-0.3, -0.25) is 0 Å². The summed E-state index contributed by atoms with van der Waals surface area (Å²) in [7, 11) is 1.96. The van der Waals surface area contributed by atoms with E-state index in [4.69, 9.17) is 0 Å². The highest BCUT2D eigenvalue weighted by molar-refractivity contribution is 9.12. The van der Waals surface area contributed by atoms with Gasteiger partial charge in [0, 0.05) is 6.04 Å². The molecule has 0 fully saturated rings. The third-order valence-corrected chi connectivity index (χ3v) is 3.97. The molecule has 1 aromatic rings. The molecule has 0 amide bonds. The summed E-state index contributed by atoms with van der Waals surface area (Å²) in [5.41, 5.74) is 1.31. The lowest BCUT2D eigenvalue weighted by molar-refractivity contribution is 0.652. The van der Waals surface area contributed by atoms with E-state index in [0.717, 1.165) is 0 Å². The van der Waals surface area contributed by atoms with Crippen LogP contribution in [0.15, 0.2) is 13.6 Å². The van der Waals surface area contributed by atoms with Crippen molar-refractivity contribution in [2.24, 2.45) is 0 Å². The van der Waals surface area contributed by atoms with Crippen LogP contribution in [0, 0.1) is 0 Å². The van der Waals surface area contributed by atoms with Crippen LogP contribution in [0.25, 0.3) is 0 Å². The minimum atomic E-state index is 0.409. The standard InChI is InChI=1S/C7H9Br2NS/c1-4(10-2)5-3-6(8)11-7(5)9/h3-4,10H,1-2H3. The Balaban J connectivity index is 2.93. The first-order chi connectivity index (χ1) is 5.15. The van der Waals surface area contributed by atoms with Crippen LogP contribution >= 0.6 is 43.2 Å². The van der Waals surface area contributed by atoms with Crippen LogP contribution in [0.4, 0.5) is 0 Å². The van der Waals surface area contributed by atoms with Crippen LogP contribution in [0.5, 0.6) is 0 Å². The normalized spacial score (nSPS) is 13.5. The second-order valence-corrected chi connectivity index (χ2v) is 6.04. The molecule has 1 nitrogen and oxygen atoms in total. The maximum Gasteiger partial charge on any atom is 0.0758 e. The third kappa shape index (κ3) is 2.28. The molecule has 0 spiro atoms. The molecule has 1 atom stereocenters. The van der Waals surface area contributed by atoms with E-state index in [1.807, 2.05) is 7.05 Å². The second-order valence-electron chi connectivity index (χ2n) is 2.29. The molecule has 1 aromatic heterocycles. The van der Waals surface area contributed by atoms with Gasteiger partial charge in [0.15, 0.2) is 0 Å². The minimum Gasteiger partial charge on any atom is -0.313 e. The van der Waals surface area contributed by atoms with Crippen molar-refractivity contribution in [2.45, 2.75) is 13.0 Å². The van der Waals surface area contributed by atoms with Crippen LogP contribution in [0.3, 0.4) is 0 Å². The molecule has 1 N–H and O–H groups in total. The van der Waals surface area contributed by atoms with Gasteiger partial charge in [-0.15, -0.1) is 11.3 Å². The number of hydrogen-bond donors (Lipinski definition) is 1. The summed E-state index contributed by atoms with van der Waals surface area (Å²) < 4.78 is 2.37. The zero-order valence-electron chi connectivity index (χ0n) is 6.32. The highest BCUT2D eigenvalue weighted by atomic mass is 79.9. The van der Waals surface area contributed by atoms with Crippen molar-refractivity contribution < 1.29 is 0 Å². The van der Waals surface area contributed by atoms with Gasteiger partial charge in [0.05, 0.1) is 7.57 Å². The van der Waals surface area contributed by atoms with Crippen molar-refractivity contribution >= 4 is 43.2 Å². The molecule has 0 saturated heterocycles. The van der Waals surface area contributed by atoms with Gasteiger partial charge >= 0.3 is 0 Å². The molecule has 1 heterocycles. The fraction of sp³-hybridized carbons (Fsp3) is 0.429. The number of halogens is 2. The molecule has 0 aliphatic rings. The van der Waals surface area contributed by atoms with E-state index in [-0.39, 0.29) is 0 Å². The fourth-order valence-electron chi connectivity index (χ4n) is 0.804. The van der Waals surface area contributed by atoms with Crippen molar-refractivity contribution in [3.8, 4) is 0 Å². The molecule has 0 aliphatic heterocycles. The van der Waals surface area contributed by atoms with E-state index in [1.165, 1.54) is 13.1 Å². The first-order valence-corrected chi connectivity index (χ1v) is 5.67. The van der Waals surface area contributed by atoms with Crippen molar-refractivity contribution in [1.29, 1.82) is 0 Å². The topological polar surface area (TPSA) is 12.0 Å². The molecule has 0 aliphatic carbocycles. The number of rotatable bonds is 2. The smallest absolute Gasteiger partial charge is 0.0758 e. The Bertz CT molecular complexity index is 247. The summed E-state index contributed by atoms with van der Waals surface area (Å²) >= 11 is 8.65. The third-order valence-electron chi connectivity index (χ3n) is 1.58. The van der Waals surface area contributed by atoms with E-state index >= 15 is 0 Å². The molecule has 11 heavy (non-hydrogen) atoms. The maximum atomic E-state index is 3.51. The van der Waals surface area contributed by atoms with Crippen molar-refractivity contribution in [3.05, 3.63) is 19.2 Å². The van der Waals surface area contributed by atoms with Crippen molar-refractivity contribution in [2.75, 3.05) is 7.05 Å². The van der Waals surface area contributed by atoms with Crippen molar-refractivity contribution in [1.82, 2.24) is 5.32 Å². The Morgan fingerprint density at radius 3 is 2.55 bits per heavy atom. The summed E-state index contributed by atoms with van der Waals surface area (Å²) in [6, 6.07) is 2.54. The second kappa shape index (κ2) is 4.03.